The summed E-state index contributed by atoms with van der Waals surface area (Å²) >= 11 is -2.12. The van der Waals surface area contributed by atoms with Gasteiger partial charge in [0, 0.05) is 0 Å². The van der Waals surface area contributed by atoms with Crippen LogP contribution in [0.4, 0.5) is 0 Å². The summed E-state index contributed by atoms with van der Waals surface area (Å²) in [5, 5.41) is 0. The fourth-order valence-electron chi connectivity index (χ4n) is 1.18. The molecule has 15 heavy (non-hydrogen) atoms. The predicted octanol–water partition coefficient (Wildman–Crippen LogP) is 1.80. The number of carbonyl (C=O) groups excluding carboxylic acids is 1. The van der Waals surface area contributed by atoms with Gasteiger partial charge in [0.1, 0.15) is 0 Å². The molecule has 0 fully saturated rings. The topological polar surface area (TPSA) is 39.2 Å². The SMILES string of the molecule is CCOC(=O)c1cnc[c]([Sn]([CH3])([CH3])[CH3])c1. The van der Waals surface area contributed by atoms with Crippen molar-refractivity contribution in [3.8, 4) is 0 Å². The summed E-state index contributed by atoms with van der Waals surface area (Å²) in [5.74, 6) is -0.276. The molecule has 1 aromatic rings. The number of ether oxygens (including phenoxy) is 1. The number of hydrogen-bond donors (Lipinski definition) is 0. The Labute approximate surface area is 94.7 Å². The van der Waals surface area contributed by atoms with E-state index in [2.05, 4.69) is 19.8 Å². The Morgan fingerprint density at radius 2 is 2.07 bits per heavy atom. The van der Waals surface area contributed by atoms with E-state index >= 15 is 0 Å². The average molecular weight is 314 g/mol. The first-order valence-corrected chi connectivity index (χ1v) is 15.1. The number of rotatable bonds is 3. The first-order chi connectivity index (χ1) is 6.95. The van der Waals surface area contributed by atoms with Crippen molar-refractivity contribution in [3.63, 3.8) is 0 Å². The molecule has 4 heteroatoms. The second-order valence-corrected chi connectivity index (χ2v) is 18.9. The molecular formula is C11H17NO2Sn. The summed E-state index contributed by atoms with van der Waals surface area (Å²) in [4.78, 5) is 22.5. The van der Waals surface area contributed by atoms with Crippen LogP contribution in [0, 0.1) is 0 Å². The quantitative estimate of drug-likeness (QED) is 0.631. The van der Waals surface area contributed by atoms with Gasteiger partial charge in [-0.15, -0.1) is 0 Å². The summed E-state index contributed by atoms with van der Waals surface area (Å²) < 4.78 is 6.19. The normalized spacial score (nSPS) is 11.2. The van der Waals surface area contributed by atoms with Gasteiger partial charge in [-0.25, -0.2) is 0 Å². The molecule has 1 rings (SSSR count). The Morgan fingerprint density at radius 3 is 2.60 bits per heavy atom. The molecule has 82 valence electrons. The van der Waals surface area contributed by atoms with Gasteiger partial charge in [-0.2, -0.15) is 0 Å². The van der Waals surface area contributed by atoms with Gasteiger partial charge in [-0.1, -0.05) is 0 Å². The summed E-state index contributed by atoms with van der Waals surface area (Å²) in [6.45, 7) is 2.21. The molecule has 0 bridgehead atoms. The van der Waals surface area contributed by atoms with Crippen molar-refractivity contribution in [2.45, 2.75) is 21.7 Å². The Hall–Kier alpha value is -0.581. The molecule has 0 N–H and O–H groups in total. The number of carbonyl (C=O) groups is 1. The maximum absolute atomic E-state index is 11.5. The first-order valence-electron chi connectivity index (χ1n) is 5.08. The van der Waals surface area contributed by atoms with Crippen molar-refractivity contribution in [2.75, 3.05) is 6.61 Å². The van der Waals surface area contributed by atoms with Gasteiger partial charge in [-0.3, -0.25) is 0 Å². The zero-order valence-corrected chi connectivity index (χ0v) is 12.6. The molecule has 0 saturated carbocycles. The van der Waals surface area contributed by atoms with E-state index < -0.39 is 18.4 Å². The van der Waals surface area contributed by atoms with Crippen molar-refractivity contribution in [3.05, 3.63) is 24.0 Å². The van der Waals surface area contributed by atoms with Crippen LogP contribution in [0.15, 0.2) is 18.5 Å². The van der Waals surface area contributed by atoms with Crippen LogP contribution in [-0.2, 0) is 4.74 Å². The van der Waals surface area contributed by atoms with Crippen LogP contribution >= 0.6 is 0 Å². The number of nitrogens with zero attached hydrogens (tertiary/aromatic N) is 1. The molecule has 0 spiro atoms. The van der Waals surface area contributed by atoms with Crippen molar-refractivity contribution in [2.24, 2.45) is 0 Å². The Bertz CT molecular complexity index is 358. The van der Waals surface area contributed by atoms with Crippen molar-refractivity contribution < 1.29 is 9.53 Å². The zero-order chi connectivity index (χ0) is 11.5. The molecule has 3 nitrogen and oxygen atoms in total. The third-order valence-electron chi connectivity index (χ3n) is 2.12. The van der Waals surface area contributed by atoms with Gasteiger partial charge < -0.3 is 0 Å². The van der Waals surface area contributed by atoms with Crippen LogP contribution in [0.2, 0.25) is 14.8 Å². The molecule has 0 radical (unpaired) electrons. The Kier molecular flexibility index (Phi) is 4.13. The van der Waals surface area contributed by atoms with Crippen LogP contribution < -0.4 is 3.58 Å². The van der Waals surface area contributed by atoms with E-state index in [1.807, 2.05) is 12.3 Å². The third-order valence-corrected chi connectivity index (χ3v) is 7.84. The second-order valence-electron chi connectivity index (χ2n) is 4.43. The van der Waals surface area contributed by atoms with Gasteiger partial charge in [0.2, 0.25) is 0 Å². The van der Waals surface area contributed by atoms with Crippen LogP contribution in [0.1, 0.15) is 17.3 Å². The third kappa shape index (κ3) is 3.48. The molecule has 0 aliphatic heterocycles. The van der Waals surface area contributed by atoms with E-state index in [1.165, 1.54) is 3.58 Å². The standard InChI is InChI=1S/C8H8NO2.3CH3.Sn/c1-2-11-8(10)7-4-3-5-9-6-7;;;;/h4-6H,2H2,1H3;3*1H3;. The molecule has 0 unspecified atom stereocenters. The van der Waals surface area contributed by atoms with Gasteiger partial charge in [0.25, 0.3) is 0 Å². The van der Waals surface area contributed by atoms with Gasteiger partial charge >= 0.3 is 94.8 Å². The minimum absolute atomic E-state index is 0.276. The van der Waals surface area contributed by atoms with Crippen molar-refractivity contribution in [1.82, 2.24) is 4.98 Å². The summed E-state index contributed by atoms with van der Waals surface area (Å²) in [5.41, 5.74) is 0.570. The number of esters is 1. The van der Waals surface area contributed by atoms with Crippen LogP contribution in [0.5, 0.6) is 0 Å². The molecule has 0 aliphatic carbocycles. The van der Waals surface area contributed by atoms with E-state index in [9.17, 15) is 4.79 Å². The van der Waals surface area contributed by atoms with E-state index in [0.717, 1.165) is 0 Å². The number of pyridine rings is 1. The minimum atomic E-state index is -2.12. The van der Waals surface area contributed by atoms with E-state index in [4.69, 9.17) is 4.74 Å². The maximum atomic E-state index is 11.5. The number of hydrogen-bond acceptors (Lipinski definition) is 3. The molecule has 1 heterocycles. The second kappa shape index (κ2) is 4.96. The fourth-order valence-corrected chi connectivity index (χ4v) is 4.17. The fraction of sp³-hybridized carbons (Fsp3) is 0.455. The molecule has 0 aromatic carbocycles. The van der Waals surface area contributed by atoms with Crippen molar-refractivity contribution in [1.29, 1.82) is 0 Å². The molecule has 0 atom stereocenters. The predicted molar refractivity (Wildman–Crippen MR) is 63.2 cm³/mol. The van der Waals surface area contributed by atoms with Gasteiger partial charge in [0.05, 0.1) is 0 Å². The average Bonchev–Trinajstić information content (AvgIpc) is 2.17. The van der Waals surface area contributed by atoms with E-state index in [0.29, 0.717) is 12.2 Å². The van der Waals surface area contributed by atoms with Crippen LogP contribution in [-0.4, -0.2) is 35.9 Å². The Morgan fingerprint density at radius 1 is 1.40 bits per heavy atom. The molecule has 1 aromatic heterocycles. The summed E-state index contributed by atoms with van der Waals surface area (Å²) in [6.07, 6.45) is 3.44. The van der Waals surface area contributed by atoms with Crippen LogP contribution in [0.25, 0.3) is 0 Å². The van der Waals surface area contributed by atoms with E-state index in [-0.39, 0.29) is 5.97 Å². The molecular weight excluding hydrogens is 297 g/mol. The van der Waals surface area contributed by atoms with Gasteiger partial charge in [0.15, 0.2) is 0 Å². The molecule has 0 amide bonds. The first kappa shape index (κ1) is 12.5. The van der Waals surface area contributed by atoms with E-state index in [1.54, 1.807) is 13.1 Å². The van der Waals surface area contributed by atoms with Crippen LogP contribution in [0.3, 0.4) is 0 Å². The van der Waals surface area contributed by atoms with Crippen molar-refractivity contribution >= 4 is 27.9 Å². The number of aromatic nitrogens is 1. The Balaban J connectivity index is 2.98. The van der Waals surface area contributed by atoms with Gasteiger partial charge in [-0.05, 0) is 0 Å². The summed E-state index contributed by atoms with van der Waals surface area (Å²) in [7, 11) is 0. The summed E-state index contributed by atoms with van der Waals surface area (Å²) in [6, 6.07) is 1.93. The zero-order valence-electron chi connectivity index (χ0n) is 9.70. The molecule has 0 aliphatic rings. The monoisotopic (exact) mass is 315 g/mol. The molecule has 0 saturated heterocycles.